The number of rotatable bonds is 4. The smallest absolute Gasteiger partial charge is 0.270 e. The molecule has 0 aromatic carbocycles. The van der Waals surface area contributed by atoms with E-state index in [4.69, 9.17) is 0 Å². The van der Waals surface area contributed by atoms with Crippen LogP contribution in [0.2, 0.25) is 0 Å². The predicted molar refractivity (Wildman–Crippen MR) is 77.6 cm³/mol. The van der Waals surface area contributed by atoms with Crippen LogP contribution in [-0.4, -0.2) is 28.0 Å². The van der Waals surface area contributed by atoms with E-state index in [0.29, 0.717) is 23.7 Å². The summed E-state index contributed by atoms with van der Waals surface area (Å²) in [6.45, 7) is 0. The van der Waals surface area contributed by atoms with E-state index >= 15 is 0 Å². The van der Waals surface area contributed by atoms with Gasteiger partial charge in [0.1, 0.15) is 5.69 Å². The van der Waals surface area contributed by atoms with Gasteiger partial charge in [-0.2, -0.15) is 0 Å². The summed E-state index contributed by atoms with van der Waals surface area (Å²) in [5.41, 5.74) is 0.465. The van der Waals surface area contributed by atoms with Crippen molar-refractivity contribution >= 4 is 11.9 Å². The first-order chi connectivity index (χ1) is 9.81. The predicted octanol–water partition coefficient (Wildman–Crippen LogP) is 2.50. The van der Waals surface area contributed by atoms with Gasteiger partial charge in [-0.25, -0.2) is 9.97 Å². The molecular weight excluding hydrogens is 252 g/mol. The van der Waals surface area contributed by atoms with Crippen LogP contribution in [-0.2, 0) is 0 Å². The largest absolute Gasteiger partial charge is 0.351 e. The second kappa shape index (κ2) is 6.20. The Kier molecular flexibility index (Phi) is 4.14. The van der Waals surface area contributed by atoms with Gasteiger partial charge in [0.25, 0.3) is 5.91 Å². The van der Waals surface area contributed by atoms with E-state index in [9.17, 15) is 4.79 Å². The molecule has 2 N–H and O–H groups in total. The zero-order valence-electron chi connectivity index (χ0n) is 11.8. The molecule has 0 unspecified atom stereocenters. The normalized spacial score (nSPS) is 20.2. The van der Waals surface area contributed by atoms with Gasteiger partial charge in [-0.15, -0.1) is 0 Å². The molecule has 2 fully saturated rings. The van der Waals surface area contributed by atoms with Crippen molar-refractivity contribution in [2.75, 3.05) is 5.32 Å². The molecule has 2 saturated carbocycles. The maximum Gasteiger partial charge on any atom is 0.270 e. The quantitative estimate of drug-likeness (QED) is 0.828. The van der Waals surface area contributed by atoms with Crippen molar-refractivity contribution in [3.05, 3.63) is 18.0 Å². The van der Waals surface area contributed by atoms with E-state index < -0.39 is 0 Å². The molecule has 108 valence electrons. The molecule has 0 saturated heterocycles. The Hall–Kier alpha value is -1.65. The maximum atomic E-state index is 12.2. The molecule has 1 aromatic heterocycles. The zero-order valence-corrected chi connectivity index (χ0v) is 11.8. The minimum atomic E-state index is -0.0712. The molecule has 2 aliphatic rings. The topological polar surface area (TPSA) is 66.9 Å². The van der Waals surface area contributed by atoms with Gasteiger partial charge in [0, 0.05) is 18.3 Å². The zero-order chi connectivity index (χ0) is 13.8. The number of hydrogen-bond donors (Lipinski definition) is 2. The highest BCUT2D eigenvalue weighted by Crippen LogP contribution is 2.22. The highest BCUT2D eigenvalue weighted by molar-refractivity contribution is 5.92. The summed E-state index contributed by atoms with van der Waals surface area (Å²) in [5.74, 6) is 0.499. The third kappa shape index (κ3) is 3.68. The van der Waals surface area contributed by atoms with E-state index in [1.54, 1.807) is 12.3 Å². The first kappa shape index (κ1) is 13.3. The van der Waals surface area contributed by atoms with E-state index in [1.165, 1.54) is 38.5 Å². The average Bonchev–Trinajstić information content (AvgIpc) is 3.27. The molecular formula is C15H22N4O. The fraction of sp³-hybridized carbons (Fsp3) is 0.667. The van der Waals surface area contributed by atoms with Crippen LogP contribution in [0.5, 0.6) is 0 Å². The lowest BCUT2D eigenvalue weighted by Crippen LogP contribution is -2.35. The number of anilines is 1. The van der Waals surface area contributed by atoms with Crippen LogP contribution >= 0.6 is 0 Å². The number of hydrogen-bond acceptors (Lipinski definition) is 4. The van der Waals surface area contributed by atoms with E-state index in [2.05, 4.69) is 20.6 Å². The highest BCUT2D eigenvalue weighted by Gasteiger charge is 2.22. The van der Waals surface area contributed by atoms with Crippen molar-refractivity contribution in [3.63, 3.8) is 0 Å². The number of aromatic nitrogens is 2. The van der Waals surface area contributed by atoms with Crippen molar-refractivity contribution in [1.29, 1.82) is 0 Å². The molecule has 1 aromatic rings. The molecule has 2 aliphatic carbocycles. The molecule has 0 bridgehead atoms. The van der Waals surface area contributed by atoms with Crippen molar-refractivity contribution in [3.8, 4) is 0 Å². The molecule has 1 amide bonds. The van der Waals surface area contributed by atoms with Crippen LogP contribution in [0.1, 0.15) is 61.9 Å². The number of carbonyl (C=O) groups excluding carboxylic acids is 1. The summed E-state index contributed by atoms with van der Waals surface area (Å²) < 4.78 is 0. The van der Waals surface area contributed by atoms with Crippen LogP contribution in [0.15, 0.2) is 12.3 Å². The van der Waals surface area contributed by atoms with Gasteiger partial charge in [-0.3, -0.25) is 4.79 Å². The molecule has 0 atom stereocenters. The van der Waals surface area contributed by atoms with Crippen molar-refractivity contribution in [2.45, 2.75) is 63.5 Å². The van der Waals surface area contributed by atoms with Crippen LogP contribution in [0.25, 0.3) is 0 Å². The monoisotopic (exact) mass is 274 g/mol. The lowest BCUT2D eigenvalue weighted by molar-refractivity contribution is 0.0928. The molecule has 1 heterocycles. The standard InChI is InChI=1S/C15H22N4O/c20-14(17-11-5-3-1-2-4-6-11)13-9-10-16-15(19-13)18-12-7-8-12/h9-12H,1-8H2,(H,17,20)(H,16,18,19). The van der Waals surface area contributed by atoms with Crippen LogP contribution in [0.3, 0.4) is 0 Å². The van der Waals surface area contributed by atoms with Gasteiger partial charge in [-0.1, -0.05) is 25.7 Å². The van der Waals surface area contributed by atoms with Gasteiger partial charge in [-0.05, 0) is 31.7 Å². The van der Waals surface area contributed by atoms with Crippen LogP contribution < -0.4 is 10.6 Å². The van der Waals surface area contributed by atoms with E-state index in [0.717, 1.165) is 12.8 Å². The Morgan fingerprint density at radius 2 is 1.80 bits per heavy atom. The molecule has 0 radical (unpaired) electrons. The van der Waals surface area contributed by atoms with Crippen molar-refractivity contribution in [2.24, 2.45) is 0 Å². The Morgan fingerprint density at radius 3 is 2.50 bits per heavy atom. The Bertz CT molecular complexity index is 465. The summed E-state index contributed by atoms with van der Waals surface area (Å²) in [7, 11) is 0. The van der Waals surface area contributed by atoms with Crippen molar-refractivity contribution in [1.82, 2.24) is 15.3 Å². The summed E-state index contributed by atoms with van der Waals surface area (Å²) in [5, 5.41) is 6.34. The number of carbonyl (C=O) groups is 1. The summed E-state index contributed by atoms with van der Waals surface area (Å²) in [6, 6.07) is 2.49. The molecule has 3 rings (SSSR count). The first-order valence-electron chi connectivity index (χ1n) is 7.72. The maximum absolute atomic E-state index is 12.2. The average molecular weight is 274 g/mol. The Labute approximate surface area is 119 Å². The molecule has 0 spiro atoms. The van der Waals surface area contributed by atoms with E-state index in [-0.39, 0.29) is 5.91 Å². The fourth-order valence-corrected chi connectivity index (χ4v) is 2.65. The SMILES string of the molecule is O=C(NC1CCCCCC1)c1ccnc(NC2CC2)n1. The third-order valence-electron chi connectivity index (χ3n) is 3.99. The van der Waals surface area contributed by atoms with Crippen LogP contribution in [0.4, 0.5) is 5.95 Å². The van der Waals surface area contributed by atoms with Crippen molar-refractivity contribution < 1.29 is 4.79 Å². The van der Waals surface area contributed by atoms with Gasteiger partial charge in [0.2, 0.25) is 5.95 Å². The third-order valence-corrected chi connectivity index (χ3v) is 3.99. The van der Waals surface area contributed by atoms with Gasteiger partial charge in [0.15, 0.2) is 0 Å². The molecule has 5 nitrogen and oxygen atoms in total. The number of nitrogens with one attached hydrogen (secondary N) is 2. The highest BCUT2D eigenvalue weighted by atomic mass is 16.1. The summed E-state index contributed by atoms with van der Waals surface area (Å²) in [4.78, 5) is 20.7. The number of nitrogens with zero attached hydrogens (tertiary/aromatic N) is 2. The molecule has 20 heavy (non-hydrogen) atoms. The van der Waals surface area contributed by atoms with Crippen LogP contribution in [0, 0.1) is 0 Å². The lowest BCUT2D eigenvalue weighted by Gasteiger charge is -2.16. The second-order valence-corrected chi connectivity index (χ2v) is 5.85. The van der Waals surface area contributed by atoms with Gasteiger partial charge < -0.3 is 10.6 Å². The Balaban J connectivity index is 1.60. The second-order valence-electron chi connectivity index (χ2n) is 5.85. The minimum Gasteiger partial charge on any atom is -0.351 e. The minimum absolute atomic E-state index is 0.0712. The summed E-state index contributed by atoms with van der Waals surface area (Å²) >= 11 is 0. The first-order valence-corrected chi connectivity index (χ1v) is 7.72. The van der Waals surface area contributed by atoms with Gasteiger partial charge >= 0.3 is 0 Å². The number of amides is 1. The fourth-order valence-electron chi connectivity index (χ4n) is 2.65. The summed E-state index contributed by atoms with van der Waals surface area (Å²) in [6.07, 6.45) is 11.2. The Morgan fingerprint density at radius 1 is 1.05 bits per heavy atom. The molecule has 5 heteroatoms. The van der Waals surface area contributed by atoms with Gasteiger partial charge in [0.05, 0.1) is 0 Å². The lowest BCUT2D eigenvalue weighted by atomic mass is 10.1. The molecule has 0 aliphatic heterocycles. The van der Waals surface area contributed by atoms with E-state index in [1.807, 2.05) is 0 Å².